The zero-order valence-corrected chi connectivity index (χ0v) is 23.8. The minimum atomic E-state index is -4.16. The van der Waals surface area contributed by atoms with Gasteiger partial charge in [-0.05, 0) is 96.5 Å². The first-order chi connectivity index (χ1) is 17.9. The highest BCUT2D eigenvalue weighted by Gasteiger charge is 2.37. The first kappa shape index (κ1) is 27.3. The van der Waals surface area contributed by atoms with Gasteiger partial charge in [-0.1, -0.05) is 29.8 Å². The molecule has 0 aliphatic carbocycles. The highest BCUT2D eigenvalue weighted by atomic mass is 127. The van der Waals surface area contributed by atoms with Gasteiger partial charge in [0.05, 0.1) is 16.4 Å². The molecule has 11 heteroatoms. The van der Waals surface area contributed by atoms with Crippen LogP contribution >= 0.6 is 22.6 Å². The van der Waals surface area contributed by atoms with Crippen molar-refractivity contribution < 1.29 is 31.7 Å². The molecule has 0 spiro atoms. The number of hydrogen-bond donors (Lipinski definition) is 1. The molecule has 3 aromatic rings. The van der Waals surface area contributed by atoms with Gasteiger partial charge in [-0.2, -0.15) is 8.42 Å². The normalized spacial score (nSPS) is 15.0. The third-order valence-electron chi connectivity index (χ3n) is 5.98. The maximum atomic E-state index is 13.3. The number of aryl methyl sites for hydroxylation is 2. The van der Waals surface area contributed by atoms with E-state index < -0.39 is 28.0 Å². The molecule has 0 atom stereocenters. The SMILES string of the molecule is COc1cc(/C=C2\C(=O)NC(=O)N(c3cccc(C)c3C)C2=O)cc(I)c1OS(=O)(=O)c1ccc(C)cc1. The summed E-state index contributed by atoms with van der Waals surface area (Å²) in [6, 6.07) is 13.5. The van der Waals surface area contributed by atoms with Crippen molar-refractivity contribution in [3.8, 4) is 11.5 Å². The molecule has 1 heterocycles. The molecular weight excluding hydrogens is 623 g/mol. The second-order valence-electron chi connectivity index (χ2n) is 8.56. The van der Waals surface area contributed by atoms with E-state index in [2.05, 4.69) is 5.32 Å². The van der Waals surface area contributed by atoms with Gasteiger partial charge in [-0.15, -0.1) is 0 Å². The Morgan fingerprint density at radius 2 is 1.66 bits per heavy atom. The van der Waals surface area contributed by atoms with Gasteiger partial charge >= 0.3 is 16.1 Å². The summed E-state index contributed by atoms with van der Waals surface area (Å²) >= 11 is 1.88. The van der Waals surface area contributed by atoms with E-state index in [4.69, 9.17) is 8.92 Å². The number of barbiturate groups is 1. The number of carbonyl (C=O) groups is 3. The van der Waals surface area contributed by atoms with Gasteiger partial charge < -0.3 is 8.92 Å². The minimum Gasteiger partial charge on any atom is -0.493 e. The number of anilines is 1. The molecule has 4 rings (SSSR count). The van der Waals surface area contributed by atoms with Crippen LogP contribution in [0.4, 0.5) is 10.5 Å². The summed E-state index contributed by atoms with van der Waals surface area (Å²) in [5.74, 6) is -1.60. The zero-order valence-electron chi connectivity index (χ0n) is 20.9. The van der Waals surface area contributed by atoms with E-state index in [1.54, 1.807) is 31.2 Å². The van der Waals surface area contributed by atoms with E-state index in [9.17, 15) is 22.8 Å². The number of urea groups is 1. The number of methoxy groups -OCH3 is 1. The molecule has 0 aromatic heterocycles. The number of benzene rings is 3. The second kappa shape index (κ2) is 10.6. The van der Waals surface area contributed by atoms with Crippen molar-refractivity contribution in [1.29, 1.82) is 0 Å². The number of halogens is 1. The van der Waals surface area contributed by atoms with Crippen molar-refractivity contribution in [2.24, 2.45) is 0 Å². The Morgan fingerprint density at radius 3 is 2.32 bits per heavy atom. The van der Waals surface area contributed by atoms with Gasteiger partial charge in [-0.3, -0.25) is 14.9 Å². The smallest absolute Gasteiger partial charge is 0.339 e. The summed E-state index contributed by atoms with van der Waals surface area (Å²) in [5.41, 5.74) is 2.94. The number of ether oxygens (including phenoxy) is 1. The number of amides is 4. The molecule has 0 bridgehead atoms. The molecule has 0 unspecified atom stereocenters. The van der Waals surface area contributed by atoms with Crippen LogP contribution in [0, 0.1) is 24.3 Å². The molecule has 1 fully saturated rings. The third-order valence-corrected chi connectivity index (χ3v) is 8.02. The molecule has 1 saturated heterocycles. The Kier molecular flexibility index (Phi) is 7.61. The average molecular weight is 646 g/mol. The summed E-state index contributed by atoms with van der Waals surface area (Å²) in [7, 11) is -2.82. The number of rotatable bonds is 6. The Labute approximate surface area is 233 Å². The van der Waals surface area contributed by atoms with Crippen molar-refractivity contribution in [3.63, 3.8) is 0 Å². The maximum Gasteiger partial charge on any atom is 0.339 e. The molecular formula is C27H23IN2O7S. The molecule has 1 aliphatic heterocycles. The molecule has 1 aliphatic rings. The van der Waals surface area contributed by atoms with Gasteiger partial charge in [0.25, 0.3) is 11.8 Å². The Bertz CT molecular complexity index is 1610. The van der Waals surface area contributed by atoms with Gasteiger partial charge in [0.2, 0.25) is 0 Å². The summed E-state index contributed by atoms with van der Waals surface area (Å²) in [5, 5.41) is 2.20. The predicted molar refractivity (Wildman–Crippen MR) is 150 cm³/mol. The van der Waals surface area contributed by atoms with Crippen LogP contribution in [0.25, 0.3) is 6.08 Å². The van der Waals surface area contributed by atoms with Crippen LogP contribution in [0.5, 0.6) is 11.5 Å². The summed E-state index contributed by atoms with van der Waals surface area (Å²) < 4.78 is 36.8. The standard InChI is InChI=1S/C27H23IN2O7S/c1-15-8-10-19(11-9-15)38(34,35)37-24-21(28)13-18(14-23(24)36-4)12-20-25(31)29-27(33)30(26(20)32)22-7-5-6-16(2)17(22)3/h5-14H,1-4H3,(H,29,31,33)/b20-12+. The van der Waals surface area contributed by atoms with Gasteiger partial charge in [0.1, 0.15) is 10.5 Å². The van der Waals surface area contributed by atoms with Crippen LogP contribution in [0.15, 0.2) is 65.1 Å². The lowest BCUT2D eigenvalue weighted by Crippen LogP contribution is -2.54. The lowest BCUT2D eigenvalue weighted by molar-refractivity contribution is -0.122. The number of hydrogen-bond acceptors (Lipinski definition) is 7. The van der Waals surface area contributed by atoms with E-state index >= 15 is 0 Å². The van der Waals surface area contributed by atoms with Crippen molar-refractivity contribution in [2.75, 3.05) is 12.0 Å². The van der Waals surface area contributed by atoms with E-state index in [0.717, 1.165) is 21.6 Å². The van der Waals surface area contributed by atoms with Crippen molar-refractivity contribution in [1.82, 2.24) is 5.32 Å². The zero-order chi connectivity index (χ0) is 27.8. The van der Waals surface area contributed by atoms with E-state index in [1.165, 1.54) is 37.5 Å². The highest BCUT2D eigenvalue weighted by Crippen LogP contribution is 2.37. The average Bonchev–Trinajstić information content (AvgIpc) is 2.86. The van der Waals surface area contributed by atoms with Crippen molar-refractivity contribution >= 4 is 62.3 Å². The fraction of sp³-hybridized carbons (Fsp3) is 0.148. The Balaban J connectivity index is 1.72. The molecule has 4 amide bonds. The van der Waals surface area contributed by atoms with E-state index in [-0.39, 0.29) is 22.0 Å². The largest absolute Gasteiger partial charge is 0.493 e. The summed E-state index contributed by atoms with van der Waals surface area (Å²) in [6.07, 6.45) is 1.31. The quantitative estimate of drug-likeness (QED) is 0.179. The Hall–Kier alpha value is -3.71. The van der Waals surface area contributed by atoms with Crippen LogP contribution < -0.4 is 19.1 Å². The summed E-state index contributed by atoms with van der Waals surface area (Å²) in [6.45, 7) is 5.47. The fourth-order valence-electron chi connectivity index (χ4n) is 3.79. The lowest BCUT2D eigenvalue weighted by Gasteiger charge is -2.28. The highest BCUT2D eigenvalue weighted by molar-refractivity contribution is 14.1. The Morgan fingerprint density at radius 1 is 0.974 bits per heavy atom. The van der Waals surface area contributed by atoms with Crippen LogP contribution in [-0.4, -0.2) is 33.4 Å². The summed E-state index contributed by atoms with van der Waals surface area (Å²) in [4.78, 5) is 39.5. The van der Waals surface area contributed by atoms with Gasteiger partial charge in [0, 0.05) is 0 Å². The van der Waals surface area contributed by atoms with Crippen molar-refractivity contribution in [2.45, 2.75) is 25.7 Å². The topological polar surface area (TPSA) is 119 Å². The van der Waals surface area contributed by atoms with Crippen LogP contribution in [0.3, 0.4) is 0 Å². The predicted octanol–water partition coefficient (Wildman–Crippen LogP) is 4.66. The first-order valence-electron chi connectivity index (χ1n) is 11.3. The number of carbonyl (C=O) groups excluding carboxylic acids is 3. The molecule has 3 aromatic carbocycles. The molecule has 0 radical (unpaired) electrons. The van der Waals surface area contributed by atoms with Crippen LogP contribution in [0.2, 0.25) is 0 Å². The van der Waals surface area contributed by atoms with Crippen LogP contribution in [0.1, 0.15) is 22.3 Å². The van der Waals surface area contributed by atoms with E-state index in [0.29, 0.717) is 14.8 Å². The molecule has 0 saturated carbocycles. The van der Waals surface area contributed by atoms with Crippen LogP contribution in [-0.2, 0) is 19.7 Å². The fourth-order valence-corrected chi connectivity index (χ4v) is 5.63. The van der Waals surface area contributed by atoms with E-state index in [1.807, 2.05) is 42.5 Å². The number of nitrogens with one attached hydrogen (secondary N) is 1. The minimum absolute atomic E-state index is 0.0205. The van der Waals surface area contributed by atoms with Gasteiger partial charge in [-0.25, -0.2) is 9.69 Å². The molecule has 9 nitrogen and oxygen atoms in total. The number of imide groups is 2. The monoisotopic (exact) mass is 646 g/mol. The molecule has 38 heavy (non-hydrogen) atoms. The maximum absolute atomic E-state index is 13.3. The lowest BCUT2D eigenvalue weighted by atomic mass is 10.0. The van der Waals surface area contributed by atoms with Crippen molar-refractivity contribution in [3.05, 3.63) is 86.0 Å². The molecule has 1 N–H and O–H groups in total. The van der Waals surface area contributed by atoms with Gasteiger partial charge in [0.15, 0.2) is 11.5 Å². The first-order valence-corrected chi connectivity index (χ1v) is 13.8. The second-order valence-corrected chi connectivity index (χ2v) is 11.3. The molecule has 196 valence electrons. The number of nitrogens with zero attached hydrogens (tertiary/aromatic N) is 1. The third kappa shape index (κ3) is 5.29.